The second-order valence-electron chi connectivity index (χ2n) is 9.75. The summed E-state index contributed by atoms with van der Waals surface area (Å²) in [5.41, 5.74) is 6.82. The largest absolute Gasteiger partial charge is 0.340 e. The van der Waals surface area contributed by atoms with E-state index in [-0.39, 0.29) is 42.5 Å². The number of rotatable bonds is 8. The van der Waals surface area contributed by atoms with Gasteiger partial charge in [0.2, 0.25) is 5.91 Å². The molecule has 10 heteroatoms. The number of likely N-dealkylation sites (tertiary alicyclic amines) is 1. The summed E-state index contributed by atoms with van der Waals surface area (Å²) in [7, 11) is -3.96. The maximum absolute atomic E-state index is 14.0. The molecule has 2 fully saturated rings. The van der Waals surface area contributed by atoms with E-state index in [4.69, 9.17) is 5.73 Å². The number of fused-ring (bicyclic) bond motifs is 1. The van der Waals surface area contributed by atoms with E-state index in [1.54, 1.807) is 42.5 Å². The van der Waals surface area contributed by atoms with Gasteiger partial charge in [-0.25, -0.2) is 8.42 Å². The Morgan fingerprint density at radius 3 is 2.53 bits per heavy atom. The summed E-state index contributed by atoms with van der Waals surface area (Å²) in [6.45, 7) is 4.16. The Kier molecular flexibility index (Phi) is 7.58. The van der Waals surface area contributed by atoms with Crippen molar-refractivity contribution in [3.8, 4) is 0 Å². The maximum atomic E-state index is 14.0. The number of nitrogens with one attached hydrogen (secondary N) is 2. The highest BCUT2D eigenvalue weighted by Crippen LogP contribution is 2.35. The predicted molar refractivity (Wildman–Crippen MR) is 135 cm³/mol. The first-order chi connectivity index (χ1) is 17.1. The van der Waals surface area contributed by atoms with Crippen LogP contribution < -0.4 is 16.4 Å². The van der Waals surface area contributed by atoms with Crippen molar-refractivity contribution in [1.82, 2.24) is 15.5 Å². The van der Waals surface area contributed by atoms with Gasteiger partial charge in [-0.15, -0.1) is 0 Å². The summed E-state index contributed by atoms with van der Waals surface area (Å²) >= 11 is 0. The number of nitrogens with zero attached hydrogens (tertiary/aromatic N) is 1. The smallest absolute Gasteiger partial charge is 0.251 e. The first kappa shape index (κ1) is 26.0. The zero-order chi connectivity index (χ0) is 26.0. The third-order valence-electron chi connectivity index (χ3n) is 6.73. The molecule has 0 saturated carbocycles. The molecule has 4 rings (SSSR count). The number of hydrogen-bond acceptors (Lipinski definition) is 7. The Bertz CT molecular complexity index is 1250. The number of carbonyl (C=O) groups excluding carboxylic acids is 3. The molecule has 2 saturated heterocycles. The fourth-order valence-corrected chi connectivity index (χ4v) is 6.87. The van der Waals surface area contributed by atoms with E-state index in [9.17, 15) is 22.8 Å². The number of ketones is 1. The Balaban J connectivity index is 1.68. The van der Waals surface area contributed by atoms with Crippen molar-refractivity contribution in [3.05, 3.63) is 65.7 Å². The quantitative estimate of drug-likeness (QED) is 0.484. The Morgan fingerprint density at radius 2 is 1.86 bits per heavy atom. The van der Waals surface area contributed by atoms with Gasteiger partial charge in [0, 0.05) is 24.6 Å². The van der Waals surface area contributed by atoms with Crippen molar-refractivity contribution in [3.63, 3.8) is 0 Å². The Morgan fingerprint density at radius 1 is 1.14 bits per heavy atom. The van der Waals surface area contributed by atoms with Crippen LogP contribution in [0.4, 0.5) is 0 Å². The molecule has 4 atom stereocenters. The number of Topliss-reactive ketones (excluding diaryl/α,β-unsaturated/α-hetero) is 1. The average molecular weight is 513 g/mol. The second kappa shape index (κ2) is 10.5. The van der Waals surface area contributed by atoms with Gasteiger partial charge in [-0.05, 0) is 42.2 Å². The van der Waals surface area contributed by atoms with Crippen molar-refractivity contribution in [1.29, 1.82) is 0 Å². The standard InChI is InChI=1S/C26H32N4O5S/c1-16(2)11-21(29-25(32)18-8-6-7-17(12-18)14-27)26(33)30-23(13-20-24(30)22(31)15-28-20)36(34,35)19-9-4-3-5-10-19/h3-10,12,16,20-21,23-24,28H,11,13-15,27H2,1-2H3,(H,29,32)/t20?,21-,23?,24?/m0/s1. The third-order valence-corrected chi connectivity index (χ3v) is 8.80. The normalized spacial score (nSPS) is 22.5. The minimum Gasteiger partial charge on any atom is -0.340 e. The van der Waals surface area contributed by atoms with E-state index < -0.39 is 45.2 Å². The number of sulfone groups is 1. The molecule has 192 valence electrons. The molecule has 2 aliphatic heterocycles. The van der Waals surface area contributed by atoms with Crippen molar-refractivity contribution < 1.29 is 22.8 Å². The van der Waals surface area contributed by atoms with Gasteiger partial charge in [0.1, 0.15) is 17.5 Å². The average Bonchev–Trinajstić information content (AvgIpc) is 3.43. The van der Waals surface area contributed by atoms with Crippen LogP contribution in [0.15, 0.2) is 59.5 Å². The predicted octanol–water partition coefficient (Wildman–Crippen LogP) is 1.23. The van der Waals surface area contributed by atoms with E-state index >= 15 is 0 Å². The molecule has 36 heavy (non-hydrogen) atoms. The molecular weight excluding hydrogens is 480 g/mol. The highest BCUT2D eigenvalue weighted by atomic mass is 32.2. The fourth-order valence-electron chi connectivity index (χ4n) is 5.02. The zero-order valence-electron chi connectivity index (χ0n) is 20.4. The molecule has 4 N–H and O–H groups in total. The second-order valence-corrected chi connectivity index (χ2v) is 11.9. The molecule has 2 aromatic carbocycles. The van der Waals surface area contributed by atoms with Gasteiger partial charge in [-0.1, -0.05) is 44.2 Å². The van der Waals surface area contributed by atoms with Gasteiger partial charge in [-0.3, -0.25) is 14.4 Å². The number of hydrogen-bond donors (Lipinski definition) is 3. The lowest BCUT2D eigenvalue weighted by Crippen LogP contribution is -2.56. The molecule has 0 spiro atoms. The van der Waals surface area contributed by atoms with Crippen LogP contribution in [0.25, 0.3) is 0 Å². The maximum Gasteiger partial charge on any atom is 0.251 e. The van der Waals surface area contributed by atoms with Crippen molar-refractivity contribution >= 4 is 27.4 Å². The van der Waals surface area contributed by atoms with Gasteiger partial charge in [-0.2, -0.15) is 0 Å². The molecule has 0 radical (unpaired) electrons. The van der Waals surface area contributed by atoms with Gasteiger partial charge < -0.3 is 21.3 Å². The minimum atomic E-state index is -3.96. The number of benzene rings is 2. The van der Waals surface area contributed by atoms with E-state index in [1.807, 2.05) is 13.8 Å². The lowest BCUT2D eigenvalue weighted by molar-refractivity contribution is -0.139. The van der Waals surface area contributed by atoms with Gasteiger partial charge in [0.15, 0.2) is 15.6 Å². The van der Waals surface area contributed by atoms with Crippen LogP contribution in [0.3, 0.4) is 0 Å². The molecule has 0 bridgehead atoms. The molecule has 0 aromatic heterocycles. The lowest BCUT2D eigenvalue weighted by Gasteiger charge is -2.32. The van der Waals surface area contributed by atoms with Crippen LogP contribution in [0.1, 0.15) is 42.6 Å². The number of nitrogens with two attached hydrogens (primary N) is 1. The molecule has 2 amide bonds. The summed E-state index contributed by atoms with van der Waals surface area (Å²) in [5, 5.41) is 4.64. The third kappa shape index (κ3) is 5.07. The van der Waals surface area contributed by atoms with Gasteiger partial charge >= 0.3 is 0 Å². The van der Waals surface area contributed by atoms with Crippen molar-refractivity contribution in [2.75, 3.05) is 6.54 Å². The molecule has 0 aliphatic carbocycles. The minimum absolute atomic E-state index is 0.0228. The van der Waals surface area contributed by atoms with Crippen molar-refractivity contribution in [2.45, 2.75) is 61.6 Å². The van der Waals surface area contributed by atoms with Gasteiger partial charge in [0.25, 0.3) is 5.91 Å². The number of amides is 2. The Hall–Kier alpha value is -3.08. The van der Waals surface area contributed by atoms with Crippen molar-refractivity contribution in [2.24, 2.45) is 11.7 Å². The SMILES string of the molecule is CC(C)C[C@H](NC(=O)c1cccc(CN)c1)C(=O)N1C2C(=O)CNC2CC1S(=O)(=O)c1ccccc1. The summed E-state index contributed by atoms with van der Waals surface area (Å²) in [6, 6.07) is 12.4. The van der Waals surface area contributed by atoms with Crippen LogP contribution in [0.5, 0.6) is 0 Å². The molecular formula is C26H32N4O5S. The fraction of sp³-hybridized carbons (Fsp3) is 0.423. The molecule has 9 nitrogen and oxygen atoms in total. The molecule has 2 aliphatic rings. The summed E-state index contributed by atoms with van der Waals surface area (Å²) < 4.78 is 27.2. The highest BCUT2D eigenvalue weighted by molar-refractivity contribution is 7.92. The topological polar surface area (TPSA) is 139 Å². The Labute approximate surface area is 211 Å². The molecule has 2 aromatic rings. The lowest BCUT2D eigenvalue weighted by atomic mass is 10.0. The van der Waals surface area contributed by atoms with Crippen LogP contribution in [-0.2, 0) is 26.0 Å². The van der Waals surface area contributed by atoms with E-state index in [2.05, 4.69) is 10.6 Å². The molecule has 2 heterocycles. The van der Waals surface area contributed by atoms with Crippen LogP contribution in [0, 0.1) is 5.92 Å². The molecule has 3 unspecified atom stereocenters. The highest BCUT2D eigenvalue weighted by Gasteiger charge is 2.55. The van der Waals surface area contributed by atoms with E-state index in [1.165, 1.54) is 17.0 Å². The zero-order valence-corrected chi connectivity index (χ0v) is 21.2. The van der Waals surface area contributed by atoms with Crippen LogP contribution in [-0.4, -0.2) is 61.0 Å². The monoisotopic (exact) mass is 512 g/mol. The first-order valence-corrected chi connectivity index (χ1v) is 13.6. The van der Waals surface area contributed by atoms with Crippen LogP contribution >= 0.6 is 0 Å². The summed E-state index contributed by atoms with van der Waals surface area (Å²) in [5.74, 6) is -1.24. The first-order valence-electron chi connectivity index (χ1n) is 12.1. The number of carbonyl (C=O) groups is 3. The summed E-state index contributed by atoms with van der Waals surface area (Å²) in [4.78, 5) is 41.2. The summed E-state index contributed by atoms with van der Waals surface area (Å²) in [6.07, 6.45) is 0.384. The van der Waals surface area contributed by atoms with Crippen LogP contribution in [0.2, 0.25) is 0 Å². The van der Waals surface area contributed by atoms with E-state index in [0.717, 1.165) is 5.56 Å². The van der Waals surface area contributed by atoms with E-state index in [0.29, 0.717) is 5.56 Å². The van der Waals surface area contributed by atoms with Gasteiger partial charge in [0.05, 0.1) is 11.4 Å².